The molecule has 0 saturated heterocycles. The van der Waals surface area contributed by atoms with Gasteiger partial charge in [-0.25, -0.2) is 13.6 Å². The van der Waals surface area contributed by atoms with Crippen LogP contribution in [0.2, 0.25) is 0 Å². The fourth-order valence-electron chi connectivity index (χ4n) is 3.52. The lowest BCUT2D eigenvalue weighted by Gasteiger charge is -2.34. The average Bonchev–Trinajstić information content (AvgIpc) is 2.63. The van der Waals surface area contributed by atoms with Crippen molar-refractivity contribution in [3.8, 4) is 0 Å². The van der Waals surface area contributed by atoms with Crippen LogP contribution < -0.4 is 16.2 Å². The minimum absolute atomic E-state index is 0.0555. The number of rotatable bonds is 5. The zero-order chi connectivity index (χ0) is 21.3. The topological polar surface area (TPSA) is 136 Å². The van der Waals surface area contributed by atoms with Gasteiger partial charge in [-0.05, 0) is 54.7 Å². The number of hydrogen-bond donors (Lipinski definition) is 3. The molecule has 2 aromatic carbocycles. The molecule has 2 aromatic rings. The van der Waals surface area contributed by atoms with Crippen molar-refractivity contribution in [2.24, 2.45) is 10.9 Å². The first-order valence-corrected chi connectivity index (χ1v) is 10.6. The molecule has 154 valence electrons. The molecule has 29 heavy (non-hydrogen) atoms. The van der Waals surface area contributed by atoms with E-state index in [1.807, 2.05) is 24.3 Å². The van der Waals surface area contributed by atoms with Gasteiger partial charge in [-0.15, -0.1) is 0 Å². The van der Waals surface area contributed by atoms with Gasteiger partial charge < -0.3 is 11.1 Å². The first-order chi connectivity index (χ1) is 13.6. The maximum absolute atomic E-state index is 12.7. The van der Waals surface area contributed by atoms with E-state index >= 15 is 0 Å². The Kier molecular flexibility index (Phi) is 5.74. The normalized spacial score (nSPS) is 16.9. The number of nitrogens with one attached hydrogen (secondary N) is 1. The lowest BCUT2D eigenvalue weighted by molar-refractivity contribution is -0.125. The number of carbonyl (C=O) groups excluding carboxylic acids is 2. The van der Waals surface area contributed by atoms with E-state index in [0.717, 1.165) is 16.7 Å². The van der Waals surface area contributed by atoms with E-state index in [2.05, 4.69) is 5.32 Å². The number of primary amides is 1. The van der Waals surface area contributed by atoms with E-state index in [0.29, 0.717) is 24.2 Å². The summed E-state index contributed by atoms with van der Waals surface area (Å²) in [7, 11) is -3.90. The number of fused-ring (bicyclic) bond motifs is 1. The van der Waals surface area contributed by atoms with Crippen molar-refractivity contribution in [2.75, 3.05) is 11.9 Å². The van der Waals surface area contributed by atoms with Crippen LogP contribution in [0.15, 0.2) is 41.3 Å². The Balaban J connectivity index is 1.82. The summed E-state index contributed by atoms with van der Waals surface area (Å²) in [4.78, 5) is 26.3. The van der Waals surface area contributed by atoms with Crippen LogP contribution in [0.25, 0.3) is 0 Å². The van der Waals surface area contributed by atoms with Crippen molar-refractivity contribution >= 4 is 27.5 Å². The highest BCUT2D eigenvalue weighted by Gasteiger charge is 2.31. The molecule has 3 rings (SSSR count). The Hall–Kier alpha value is -2.75. The van der Waals surface area contributed by atoms with E-state index < -0.39 is 22.0 Å². The molecule has 1 aliphatic heterocycles. The third kappa shape index (κ3) is 4.64. The summed E-state index contributed by atoms with van der Waals surface area (Å²) < 4.78 is 23.4. The zero-order valence-corrected chi connectivity index (χ0v) is 17.1. The molecule has 1 atom stereocenters. The summed E-state index contributed by atoms with van der Waals surface area (Å²) in [6.45, 7) is 3.89. The molecule has 9 heteroatoms. The van der Waals surface area contributed by atoms with E-state index in [-0.39, 0.29) is 17.3 Å². The Morgan fingerprint density at radius 1 is 1.17 bits per heavy atom. The van der Waals surface area contributed by atoms with Crippen molar-refractivity contribution in [1.82, 2.24) is 4.90 Å². The average molecular weight is 417 g/mol. The van der Waals surface area contributed by atoms with E-state index in [1.165, 1.54) is 12.1 Å². The van der Waals surface area contributed by atoms with Gasteiger partial charge >= 0.3 is 0 Å². The number of nitrogens with two attached hydrogens (primary N) is 2. The van der Waals surface area contributed by atoms with Crippen LogP contribution in [0.5, 0.6) is 0 Å². The van der Waals surface area contributed by atoms with Gasteiger partial charge in [0.25, 0.3) is 0 Å². The van der Waals surface area contributed by atoms with Crippen molar-refractivity contribution in [3.05, 3.63) is 58.7 Å². The van der Waals surface area contributed by atoms with Gasteiger partial charge in [0.05, 0.1) is 17.5 Å². The van der Waals surface area contributed by atoms with Crippen LogP contribution in [-0.4, -0.2) is 37.7 Å². The number of anilines is 1. The SMILES string of the molecule is Cc1cc(S(N)(=O)=O)cc(NC(=O)CN2Cc3ccccc3C[C@H]2C(N)=O)c1C. The standard InChI is InChI=1S/C20H24N4O4S/c1-12-7-16(29(22,27)28)9-17(13(12)2)23-19(25)11-24-10-15-6-4-3-5-14(15)8-18(24)20(21)26/h3-7,9,18H,8,10-11H2,1-2H3,(H2,21,26)(H,23,25)(H2,22,27,28)/t18-/m0/s1. The predicted molar refractivity (Wildman–Crippen MR) is 109 cm³/mol. The highest BCUT2D eigenvalue weighted by atomic mass is 32.2. The third-order valence-corrected chi connectivity index (χ3v) is 6.16. The lowest BCUT2D eigenvalue weighted by Crippen LogP contribution is -2.50. The predicted octanol–water partition coefficient (Wildman–Crippen LogP) is 0.802. The van der Waals surface area contributed by atoms with Crippen LogP contribution in [0.3, 0.4) is 0 Å². The molecule has 0 radical (unpaired) electrons. The summed E-state index contributed by atoms with van der Waals surface area (Å²) in [6, 6.07) is 9.94. The molecule has 8 nitrogen and oxygen atoms in total. The van der Waals surface area contributed by atoms with E-state index in [1.54, 1.807) is 18.7 Å². The maximum atomic E-state index is 12.7. The smallest absolute Gasteiger partial charge is 0.238 e. The van der Waals surface area contributed by atoms with Crippen LogP contribution in [0.1, 0.15) is 22.3 Å². The monoisotopic (exact) mass is 416 g/mol. The molecular weight excluding hydrogens is 392 g/mol. The Morgan fingerprint density at radius 2 is 1.83 bits per heavy atom. The van der Waals surface area contributed by atoms with Gasteiger partial charge in [0.2, 0.25) is 21.8 Å². The number of sulfonamides is 1. The van der Waals surface area contributed by atoms with Crippen LogP contribution in [0, 0.1) is 13.8 Å². The highest BCUT2D eigenvalue weighted by Crippen LogP contribution is 2.25. The fourth-order valence-corrected chi connectivity index (χ4v) is 4.14. The molecule has 0 fully saturated rings. The van der Waals surface area contributed by atoms with Crippen LogP contribution in [-0.2, 0) is 32.6 Å². The lowest BCUT2D eigenvalue weighted by atomic mass is 9.93. The summed E-state index contributed by atoms with van der Waals surface area (Å²) in [5.74, 6) is -0.861. The first kappa shape index (κ1) is 21.0. The Labute approximate surface area is 169 Å². The number of nitrogens with zero attached hydrogens (tertiary/aromatic N) is 1. The molecule has 1 heterocycles. The molecule has 1 aliphatic rings. The molecule has 0 aromatic heterocycles. The Morgan fingerprint density at radius 3 is 2.45 bits per heavy atom. The number of aryl methyl sites for hydroxylation is 1. The maximum Gasteiger partial charge on any atom is 0.238 e. The molecule has 5 N–H and O–H groups in total. The van der Waals surface area contributed by atoms with Crippen LogP contribution >= 0.6 is 0 Å². The number of hydrogen-bond acceptors (Lipinski definition) is 5. The fraction of sp³-hybridized carbons (Fsp3) is 0.300. The first-order valence-electron chi connectivity index (χ1n) is 9.10. The second kappa shape index (κ2) is 7.94. The molecule has 0 saturated carbocycles. The highest BCUT2D eigenvalue weighted by molar-refractivity contribution is 7.89. The third-order valence-electron chi connectivity index (χ3n) is 5.26. The minimum atomic E-state index is -3.90. The number of primary sulfonamides is 1. The zero-order valence-electron chi connectivity index (χ0n) is 16.3. The number of benzene rings is 2. The molecule has 2 amide bonds. The van der Waals surface area contributed by atoms with Gasteiger partial charge in [-0.3, -0.25) is 14.5 Å². The summed E-state index contributed by atoms with van der Waals surface area (Å²) in [5, 5.41) is 7.96. The van der Waals surface area contributed by atoms with Crippen molar-refractivity contribution in [1.29, 1.82) is 0 Å². The summed E-state index contributed by atoms with van der Waals surface area (Å²) in [6.07, 6.45) is 0.442. The molecule has 0 aliphatic carbocycles. The number of amides is 2. The number of carbonyl (C=O) groups is 2. The van der Waals surface area contributed by atoms with Crippen LogP contribution in [0.4, 0.5) is 5.69 Å². The van der Waals surface area contributed by atoms with Gasteiger partial charge in [-0.2, -0.15) is 0 Å². The van der Waals surface area contributed by atoms with Crippen molar-refractivity contribution in [2.45, 2.75) is 37.8 Å². The van der Waals surface area contributed by atoms with Crippen molar-refractivity contribution in [3.63, 3.8) is 0 Å². The quantitative estimate of drug-likeness (QED) is 0.662. The summed E-state index contributed by atoms with van der Waals surface area (Å²) in [5.41, 5.74) is 9.44. The molecule has 0 bridgehead atoms. The summed E-state index contributed by atoms with van der Waals surface area (Å²) >= 11 is 0. The van der Waals surface area contributed by atoms with E-state index in [4.69, 9.17) is 10.9 Å². The second-order valence-electron chi connectivity index (χ2n) is 7.30. The Bertz CT molecular complexity index is 1080. The van der Waals surface area contributed by atoms with Gasteiger partial charge in [0.1, 0.15) is 0 Å². The molecular formula is C20H24N4O4S. The minimum Gasteiger partial charge on any atom is -0.368 e. The largest absolute Gasteiger partial charge is 0.368 e. The van der Waals surface area contributed by atoms with Gasteiger partial charge in [0, 0.05) is 12.2 Å². The van der Waals surface area contributed by atoms with Gasteiger partial charge in [0.15, 0.2) is 0 Å². The molecule has 0 spiro atoms. The van der Waals surface area contributed by atoms with Crippen molar-refractivity contribution < 1.29 is 18.0 Å². The second-order valence-corrected chi connectivity index (χ2v) is 8.86. The molecule has 0 unspecified atom stereocenters. The van der Waals surface area contributed by atoms with E-state index in [9.17, 15) is 18.0 Å². The van der Waals surface area contributed by atoms with Gasteiger partial charge in [-0.1, -0.05) is 24.3 Å².